The molecule has 244 valence electrons. The average molecular weight is 616 g/mol. The van der Waals surface area contributed by atoms with Gasteiger partial charge in [0, 0.05) is 25.8 Å². The monoisotopic (exact) mass is 615 g/mol. The molecule has 11 atom stereocenters. The number of nitrogens with one attached hydrogen (secondary N) is 1. The van der Waals surface area contributed by atoms with Gasteiger partial charge in [-0.2, -0.15) is 8.42 Å². The number of rotatable bonds is 12. The van der Waals surface area contributed by atoms with Crippen molar-refractivity contribution in [1.82, 2.24) is 5.32 Å². The van der Waals surface area contributed by atoms with Gasteiger partial charge in [-0.3, -0.25) is 9.35 Å². The van der Waals surface area contributed by atoms with Gasteiger partial charge in [-0.25, -0.2) is 0 Å². The fourth-order valence-corrected chi connectivity index (χ4v) is 10.8. The van der Waals surface area contributed by atoms with Gasteiger partial charge in [0.1, 0.15) is 0 Å². The third kappa shape index (κ3) is 7.20. The standard InChI is InChI=1S/C32H58N2O7S/c1-21(8-11-29(38)33-14-6-15-34(4,5)16-7-17-42(39,40)41)24-9-10-25-30-26(20-28(37)32(24,25)3)31(2)13-12-23(35)18-22(31)19-27(30)36/h21-28,30,35-37H,6-20H2,1-5H3,(H-,33,38,39,40,41)/p+1/t21?,22?,23-,24?,25+,26+,27-,28+,30?,31?,32?/m1/s1. The molecule has 6 unspecified atom stereocenters. The summed E-state index contributed by atoms with van der Waals surface area (Å²) in [6.07, 6.45) is 7.47. The van der Waals surface area contributed by atoms with Crippen LogP contribution in [0, 0.1) is 46.3 Å². The van der Waals surface area contributed by atoms with Gasteiger partial charge in [-0.1, -0.05) is 20.8 Å². The molecule has 0 heterocycles. The molecule has 10 heteroatoms. The molecule has 42 heavy (non-hydrogen) atoms. The Morgan fingerprint density at radius 3 is 2.38 bits per heavy atom. The second-order valence-electron chi connectivity index (χ2n) is 15.8. The molecule has 4 fully saturated rings. The summed E-state index contributed by atoms with van der Waals surface area (Å²) >= 11 is 0. The van der Waals surface area contributed by atoms with Crippen molar-refractivity contribution in [1.29, 1.82) is 0 Å². The molecular weight excluding hydrogens is 556 g/mol. The second kappa shape index (κ2) is 12.9. The van der Waals surface area contributed by atoms with Crippen molar-refractivity contribution in [3.8, 4) is 0 Å². The zero-order chi connectivity index (χ0) is 31.1. The van der Waals surface area contributed by atoms with Crippen molar-refractivity contribution in [3.63, 3.8) is 0 Å². The minimum atomic E-state index is -3.93. The number of fused-ring (bicyclic) bond motifs is 5. The molecule has 0 aliphatic heterocycles. The van der Waals surface area contributed by atoms with Crippen LogP contribution in [-0.4, -0.2) is 96.5 Å². The Hall–Kier alpha value is -0.780. The number of quaternary nitrogens is 1. The van der Waals surface area contributed by atoms with Gasteiger partial charge in [0.25, 0.3) is 10.1 Å². The van der Waals surface area contributed by atoms with Gasteiger partial charge < -0.3 is 25.1 Å². The van der Waals surface area contributed by atoms with Crippen molar-refractivity contribution in [2.75, 3.05) is 39.5 Å². The van der Waals surface area contributed by atoms with E-state index in [9.17, 15) is 28.5 Å². The smallest absolute Gasteiger partial charge is 0.265 e. The van der Waals surface area contributed by atoms with Crippen LogP contribution < -0.4 is 5.32 Å². The average Bonchev–Trinajstić information content (AvgIpc) is 3.24. The van der Waals surface area contributed by atoms with Crippen molar-refractivity contribution >= 4 is 16.0 Å². The molecule has 0 spiro atoms. The van der Waals surface area contributed by atoms with Crippen LogP contribution in [0.25, 0.3) is 0 Å². The number of aliphatic hydroxyl groups is 3. The Balaban J connectivity index is 1.27. The zero-order valence-corrected chi connectivity index (χ0v) is 27.5. The minimum Gasteiger partial charge on any atom is -0.393 e. The lowest BCUT2D eigenvalue weighted by Crippen LogP contribution is -2.62. The van der Waals surface area contributed by atoms with Crippen LogP contribution in [0.1, 0.15) is 91.4 Å². The van der Waals surface area contributed by atoms with Gasteiger partial charge in [0.15, 0.2) is 0 Å². The molecule has 5 N–H and O–H groups in total. The van der Waals surface area contributed by atoms with Crippen LogP contribution in [0.2, 0.25) is 0 Å². The molecule has 9 nitrogen and oxygen atoms in total. The van der Waals surface area contributed by atoms with Gasteiger partial charge in [0.05, 0.1) is 51.2 Å². The Kier molecular flexibility index (Phi) is 10.5. The largest absolute Gasteiger partial charge is 0.393 e. The van der Waals surface area contributed by atoms with E-state index in [1.165, 1.54) is 0 Å². The molecule has 1 amide bonds. The number of aliphatic hydroxyl groups excluding tert-OH is 3. The number of hydrogen-bond donors (Lipinski definition) is 5. The SMILES string of the molecule is CC(CCC(=O)NCCC[N+](C)(C)CCCS(=O)(=O)O)C1CC[C@H]2C3[C@H](O)CC4C[C@H](O)CCC4(C)[C@H]3C[C@H](O)C12C. The first-order valence-electron chi connectivity index (χ1n) is 16.6. The van der Waals surface area contributed by atoms with E-state index in [1.807, 2.05) is 14.1 Å². The fourth-order valence-electron chi connectivity index (χ4n) is 10.3. The predicted molar refractivity (Wildman–Crippen MR) is 163 cm³/mol. The third-order valence-electron chi connectivity index (χ3n) is 12.8. The molecule has 4 aliphatic carbocycles. The maximum Gasteiger partial charge on any atom is 0.265 e. The van der Waals surface area contributed by atoms with E-state index in [1.54, 1.807) is 0 Å². The summed E-state index contributed by atoms with van der Waals surface area (Å²) in [7, 11) is 0.114. The molecule has 0 radical (unpaired) electrons. The first kappa shape index (κ1) is 34.1. The molecule has 0 aromatic rings. The van der Waals surface area contributed by atoms with Crippen molar-refractivity contribution in [2.24, 2.45) is 46.3 Å². The van der Waals surface area contributed by atoms with Crippen molar-refractivity contribution in [3.05, 3.63) is 0 Å². The summed E-state index contributed by atoms with van der Waals surface area (Å²) < 4.78 is 31.5. The van der Waals surface area contributed by atoms with E-state index in [2.05, 4.69) is 26.1 Å². The maximum absolute atomic E-state index is 12.7. The Labute approximate surface area is 254 Å². The Bertz CT molecular complexity index is 1050. The highest BCUT2D eigenvalue weighted by atomic mass is 32.2. The zero-order valence-electron chi connectivity index (χ0n) is 26.7. The summed E-state index contributed by atoms with van der Waals surface area (Å²) in [6, 6.07) is 0. The molecule has 0 aromatic heterocycles. The van der Waals surface area contributed by atoms with Crippen LogP contribution >= 0.6 is 0 Å². The van der Waals surface area contributed by atoms with E-state index in [4.69, 9.17) is 4.55 Å². The summed E-state index contributed by atoms with van der Waals surface area (Å²) in [6.45, 7) is 8.87. The summed E-state index contributed by atoms with van der Waals surface area (Å²) in [5.74, 6) is 1.52. The van der Waals surface area contributed by atoms with Gasteiger partial charge >= 0.3 is 0 Å². The lowest BCUT2D eigenvalue weighted by Gasteiger charge is -2.63. The van der Waals surface area contributed by atoms with E-state index >= 15 is 0 Å². The van der Waals surface area contributed by atoms with Crippen molar-refractivity contribution < 1.29 is 37.6 Å². The second-order valence-corrected chi connectivity index (χ2v) is 17.3. The van der Waals surface area contributed by atoms with Gasteiger partial charge in [0.2, 0.25) is 5.91 Å². The molecule has 0 bridgehead atoms. The number of carbonyl (C=O) groups is 1. The van der Waals surface area contributed by atoms with E-state index < -0.39 is 16.2 Å². The van der Waals surface area contributed by atoms with Crippen LogP contribution in [0.4, 0.5) is 0 Å². The van der Waals surface area contributed by atoms with Gasteiger partial charge in [-0.15, -0.1) is 0 Å². The third-order valence-corrected chi connectivity index (χ3v) is 13.6. The quantitative estimate of drug-likeness (QED) is 0.129. The topological polar surface area (TPSA) is 144 Å². The highest BCUT2D eigenvalue weighted by Gasteiger charge is 2.65. The number of amides is 1. The molecule has 4 aliphatic rings. The van der Waals surface area contributed by atoms with E-state index in [0.717, 1.165) is 64.3 Å². The van der Waals surface area contributed by atoms with Crippen molar-refractivity contribution in [2.45, 2.75) is 110 Å². The Morgan fingerprint density at radius 2 is 1.69 bits per heavy atom. The van der Waals surface area contributed by atoms with E-state index in [0.29, 0.717) is 48.2 Å². The number of hydrogen-bond acceptors (Lipinski definition) is 6. The number of nitrogens with zero attached hydrogens (tertiary/aromatic N) is 1. The molecule has 0 aromatic carbocycles. The summed E-state index contributed by atoms with van der Waals surface area (Å²) in [4.78, 5) is 12.7. The fraction of sp³-hybridized carbons (Fsp3) is 0.969. The van der Waals surface area contributed by atoms with Crippen LogP contribution in [0.15, 0.2) is 0 Å². The lowest BCUT2D eigenvalue weighted by molar-refractivity contribution is -0.890. The molecular formula is C32H59N2O7S+. The summed E-state index contributed by atoms with van der Waals surface area (Å²) in [5.41, 5.74) is -0.185. The van der Waals surface area contributed by atoms with E-state index in [-0.39, 0.29) is 52.5 Å². The predicted octanol–water partition coefficient (Wildman–Crippen LogP) is 3.22. The molecule has 0 saturated heterocycles. The van der Waals surface area contributed by atoms with Crippen LogP contribution in [-0.2, 0) is 14.9 Å². The number of carbonyl (C=O) groups excluding carboxylic acids is 1. The van der Waals surface area contributed by atoms with Crippen LogP contribution in [0.3, 0.4) is 0 Å². The highest BCUT2D eigenvalue weighted by molar-refractivity contribution is 7.85. The normalized spacial score (nSPS) is 41.0. The molecule has 4 rings (SSSR count). The molecule has 4 saturated carbocycles. The first-order chi connectivity index (χ1) is 19.5. The first-order valence-corrected chi connectivity index (χ1v) is 18.2. The Morgan fingerprint density at radius 1 is 1.00 bits per heavy atom. The minimum absolute atomic E-state index is 0.0450. The van der Waals surface area contributed by atoms with Gasteiger partial charge in [-0.05, 0) is 97.7 Å². The van der Waals surface area contributed by atoms with Crippen LogP contribution in [0.5, 0.6) is 0 Å². The highest BCUT2D eigenvalue weighted by Crippen LogP contribution is 2.68. The maximum atomic E-state index is 12.7. The lowest BCUT2D eigenvalue weighted by atomic mass is 9.43. The summed E-state index contributed by atoms with van der Waals surface area (Å²) in [5, 5.41) is 36.6.